The van der Waals surface area contributed by atoms with Crippen molar-refractivity contribution in [2.45, 2.75) is 64.1 Å². The highest BCUT2D eigenvalue weighted by Crippen LogP contribution is 2.37. The summed E-state index contributed by atoms with van der Waals surface area (Å²) < 4.78 is 16.4. The first kappa shape index (κ1) is 28.3. The molecule has 1 aromatic carbocycles. The maximum atomic E-state index is 13.6. The molecule has 11 heteroatoms. The van der Waals surface area contributed by atoms with E-state index < -0.39 is 18.0 Å². The summed E-state index contributed by atoms with van der Waals surface area (Å²) in [6.45, 7) is 3.81. The van der Waals surface area contributed by atoms with Gasteiger partial charge in [0.2, 0.25) is 11.8 Å². The number of nitrogens with one attached hydrogen (secondary N) is 2. The van der Waals surface area contributed by atoms with Gasteiger partial charge in [0.15, 0.2) is 0 Å². The molecule has 4 rings (SSSR count). The van der Waals surface area contributed by atoms with Crippen molar-refractivity contribution in [3.63, 3.8) is 0 Å². The second-order valence-electron chi connectivity index (χ2n) is 10.2. The number of fused-ring (bicyclic) bond motifs is 1. The van der Waals surface area contributed by atoms with E-state index in [1.807, 2.05) is 13.8 Å². The maximum absolute atomic E-state index is 13.6. The van der Waals surface area contributed by atoms with E-state index in [9.17, 15) is 19.2 Å². The van der Waals surface area contributed by atoms with Gasteiger partial charge >= 0.3 is 6.03 Å². The summed E-state index contributed by atoms with van der Waals surface area (Å²) in [5.74, 6) is -0.755. The van der Waals surface area contributed by atoms with Gasteiger partial charge in [-0.25, -0.2) is 4.79 Å². The van der Waals surface area contributed by atoms with Crippen LogP contribution >= 0.6 is 0 Å². The molecule has 0 radical (unpaired) electrons. The van der Waals surface area contributed by atoms with E-state index in [1.54, 1.807) is 50.6 Å². The molecule has 1 saturated heterocycles. The van der Waals surface area contributed by atoms with Crippen molar-refractivity contribution < 1.29 is 33.1 Å². The second kappa shape index (κ2) is 12.4. The van der Waals surface area contributed by atoms with Crippen LogP contribution in [0.1, 0.15) is 48.4 Å². The summed E-state index contributed by atoms with van der Waals surface area (Å²) in [7, 11) is 3.15. The van der Waals surface area contributed by atoms with Crippen molar-refractivity contribution >= 4 is 23.8 Å². The molecule has 210 valence electrons. The first-order valence-corrected chi connectivity index (χ1v) is 13.1. The number of nitrogens with zero attached hydrogens (tertiary/aromatic N) is 2. The molecule has 2 fully saturated rings. The van der Waals surface area contributed by atoms with Gasteiger partial charge in [-0.2, -0.15) is 0 Å². The van der Waals surface area contributed by atoms with E-state index in [0.29, 0.717) is 29.7 Å². The van der Waals surface area contributed by atoms with E-state index in [1.165, 1.54) is 16.1 Å². The molecule has 1 saturated carbocycles. The van der Waals surface area contributed by atoms with Crippen molar-refractivity contribution in [1.82, 2.24) is 20.4 Å². The highest BCUT2D eigenvalue weighted by Gasteiger charge is 2.52. The van der Waals surface area contributed by atoms with Crippen LogP contribution in [0.2, 0.25) is 0 Å². The van der Waals surface area contributed by atoms with E-state index in [2.05, 4.69) is 10.6 Å². The molecule has 39 heavy (non-hydrogen) atoms. The van der Waals surface area contributed by atoms with Crippen molar-refractivity contribution in [2.24, 2.45) is 5.92 Å². The van der Waals surface area contributed by atoms with Gasteiger partial charge in [0, 0.05) is 31.9 Å². The third-order valence-electron chi connectivity index (χ3n) is 7.23. The fourth-order valence-corrected chi connectivity index (χ4v) is 5.29. The number of benzene rings is 1. The molecule has 11 nitrogen and oxygen atoms in total. The Hall–Kier alpha value is -3.70. The summed E-state index contributed by atoms with van der Waals surface area (Å²) in [6.07, 6.45) is 1.70. The van der Waals surface area contributed by atoms with Crippen LogP contribution in [-0.2, 0) is 32.2 Å². The molecule has 4 unspecified atom stereocenters. The molecule has 0 bridgehead atoms. The van der Waals surface area contributed by atoms with Crippen LogP contribution < -0.4 is 10.6 Å². The van der Waals surface area contributed by atoms with Crippen LogP contribution in [0.4, 0.5) is 4.79 Å². The third kappa shape index (κ3) is 6.48. The Bertz CT molecular complexity index is 1170. The van der Waals surface area contributed by atoms with Gasteiger partial charge in [0.05, 0.1) is 37.5 Å². The van der Waals surface area contributed by atoms with Crippen LogP contribution in [0, 0.1) is 5.92 Å². The highest BCUT2D eigenvalue weighted by atomic mass is 16.5. The van der Waals surface area contributed by atoms with Crippen LogP contribution in [0.3, 0.4) is 0 Å². The lowest BCUT2D eigenvalue weighted by molar-refractivity contribution is -0.153. The van der Waals surface area contributed by atoms with Gasteiger partial charge in [-0.3, -0.25) is 19.3 Å². The van der Waals surface area contributed by atoms with Gasteiger partial charge in [-0.15, -0.1) is 0 Å². The molecule has 1 aromatic heterocycles. The number of methoxy groups -OCH3 is 2. The number of carbonyl (C=O) groups is 4. The zero-order chi connectivity index (χ0) is 28.1. The van der Waals surface area contributed by atoms with E-state index in [-0.39, 0.29) is 55.6 Å². The molecule has 1 aliphatic carbocycles. The van der Waals surface area contributed by atoms with Crippen LogP contribution in [0.25, 0.3) is 0 Å². The van der Waals surface area contributed by atoms with E-state index >= 15 is 0 Å². The van der Waals surface area contributed by atoms with Gasteiger partial charge < -0.3 is 29.4 Å². The summed E-state index contributed by atoms with van der Waals surface area (Å²) in [6, 6.07) is 9.15. The summed E-state index contributed by atoms with van der Waals surface area (Å²) in [4.78, 5) is 55.1. The standard InChI is InChI=1S/C28H36N4O7/c1-17(2)30-25(33)16-31-22-13-24(38-4)23(37-3)12-21(22)27(35)32(28(31)36)15-18-7-9-19(10-8-18)26(34)29-14-20-6-5-11-39-20/h5-11,17,21-24H,12-16H2,1-4H3,(H,29,34)(H,30,33). The number of furan rings is 1. The predicted molar refractivity (Wildman–Crippen MR) is 140 cm³/mol. The lowest BCUT2D eigenvalue weighted by atomic mass is 9.78. The SMILES string of the molecule is COC1CC2C(=O)N(Cc3ccc(C(=O)NCc4ccco4)cc3)C(=O)N(CC(=O)NC(C)C)C2CC1OC. The van der Waals surface area contributed by atoms with Crippen LogP contribution in [0.5, 0.6) is 0 Å². The lowest BCUT2D eigenvalue weighted by Gasteiger charge is -2.49. The van der Waals surface area contributed by atoms with E-state index in [4.69, 9.17) is 13.9 Å². The predicted octanol–water partition coefficient (Wildman–Crippen LogP) is 2.31. The molecule has 2 heterocycles. The summed E-state index contributed by atoms with van der Waals surface area (Å²) >= 11 is 0. The fourth-order valence-electron chi connectivity index (χ4n) is 5.29. The smallest absolute Gasteiger partial charge is 0.327 e. The Kier molecular flexibility index (Phi) is 9.03. The average Bonchev–Trinajstić information content (AvgIpc) is 3.45. The first-order valence-electron chi connectivity index (χ1n) is 13.1. The Morgan fingerprint density at radius 3 is 2.36 bits per heavy atom. The molecule has 2 aliphatic rings. The average molecular weight is 541 g/mol. The summed E-state index contributed by atoms with van der Waals surface area (Å²) in [5.41, 5.74) is 1.12. The van der Waals surface area contributed by atoms with Crippen molar-refractivity contribution in [2.75, 3.05) is 20.8 Å². The van der Waals surface area contributed by atoms with Crippen molar-refractivity contribution in [3.8, 4) is 0 Å². The van der Waals surface area contributed by atoms with Gasteiger partial charge in [0.25, 0.3) is 5.91 Å². The fraction of sp³-hybridized carbons (Fsp3) is 0.500. The number of rotatable bonds is 10. The number of imide groups is 1. The molecule has 5 amide bonds. The first-order chi connectivity index (χ1) is 18.7. The topological polar surface area (TPSA) is 130 Å². The number of carbonyl (C=O) groups excluding carboxylic acids is 4. The van der Waals surface area contributed by atoms with Gasteiger partial charge in [-0.05, 0) is 56.5 Å². The maximum Gasteiger partial charge on any atom is 0.327 e. The molecule has 2 aromatic rings. The van der Waals surface area contributed by atoms with Crippen LogP contribution in [0.15, 0.2) is 47.1 Å². The van der Waals surface area contributed by atoms with Crippen molar-refractivity contribution in [3.05, 3.63) is 59.5 Å². The largest absolute Gasteiger partial charge is 0.467 e. The highest BCUT2D eigenvalue weighted by molar-refractivity contribution is 6.00. The molecule has 4 atom stereocenters. The minimum atomic E-state index is -0.530. The molecule has 2 N–H and O–H groups in total. The number of amides is 5. The Balaban J connectivity index is 1.50. The Morgan fingerprint density at radius 1 is 1.05 bits per heavy atom. The number of hydrogen-bond acceptors (Lipinski definition) is 7. The Morgan fingerprint density at radius 2 is 1.74 bits per heavy atom. The monoisotopic (exact) mass is 540 g/mol. The third-order valence-corrected chi connectivity index (χ3v) is 7.23. The van der Waals surface area contributed by atoms with Gasteiger partial charge in [-0.1, -0.05) is 12.1 Å². The van der Waals surface area contributed by atoms with Crippen LogP contribution in [-0.4, -0.2) is 78.6 Å². The zero-order valence-electron chi connectivity index (χ0n) is 22.7. The molecule has 0 spiro atoms. The van der Waals surface area contributed by atoms with Crippen molar-refractivity contribution in [1.29, 1.82) is 0 Å². The lowest BCUT2D eigenvalue weighted by Crippen LogP contribution is -2.66. The molecular formula is C28H36N4O7. The quantitative estimate of drug-likeness (QED) is 0.473. The molecular weight excluding hydrogens is 504 g/mol. The minimum Gasteiger partial charge on any atom is -0.467 e. The Labute approximate surface area is 227 Å². The van der Waals surface area contributed by atoms with Gasteiger partial charge in [0.1, 0.15) is 12.3 Å². The number of hydrogen-bond donors (Lipinski definition) is 2. The normalized spacial score (nSPS) is 23.1. The minimum absolute atomic E-state index is 0.0167. The zero-order valence-corrected chi connectivity index (χ0v) is 22.7. The number of ether oxygens (including phenoxy) is 2. The van der Waals surface area contributed by atoms with E-state index in [0.717, 1.165) is 0 Å². The molecule has 1 aliphatic heterocycles. The second-order valence-corrected chi connectivity index (χ2v) is 10.2. The number of urea groups is 1. The summed E-state index contributed by atoms with van der Waals surface area (Å²) in [5, 5.41) is 5.61.